The molecule has 282 valence electrons. The van der Waals surface area contributed by atoms with Gasteiger partial charge in [0.2, 0.25) is 0 Å². The van der Waals surface area contributed by atoms with Crippen LogP contribution in [0, 0.1) is 11.8 Å². The van der Waals surface area contributed by atoms with Gasteiger partial charge in [0.15, 0.2) is 6.10 Å². The number of ether oxygens (including phenoxy) is 3. The normalized spacial score (nSPS) is 32.8. The van der Waals surface area contributed by atoms with Crippen LogP contribution < -0.4 is 0 Å². The maximum absolute atomic E-state index is 13.4. The first-order chi connectivity index (χ1) is 23.8. The second-order valence-electron chi connectivity index (χ2n) is 15.4. The third kappa shape index (κ3) is 11.8. The lowest BCUT2D eigenvalue weighted by atomic mass is 9.89. The highest BCUT2D eigenvalue weighted by Gasteiger charge is 2.37. The highest BCUT2D eigenvalue weighted by Crippen LogP contribution is 2.28. The van der Waals surface area contributed by atoms with Gasteiger partial charge in [-0.05, 0) is 70.9 Å². The van der Waals surface area contributed by atoms with Crippen LogP contribution in [0.1, 0.15) is 105 Å². The lowest BCUT2D eigenvalue weighted by Gasteiger charge is -2.40. The molecule has 4 aliphatic rings. The smallest absolute Gasteiger partial charge is 0.410 e. The number of nitrogens with zero attached hydrogens (tertiary/aromatic N) is 3. The number of cyclic esters (lactones) is 1. The van der Waals surface area contributed by atoms with E-state index in [2.05, 4.69) is 4.90 Å². The Morgan fingerprint density at radius 1 is 1.00 bits per heavy atom. The second kappa shape index (κ2) is 19.1. The van der Waals surface area contributed by atoms with Gasteiger partial charge in [-0.15, -0.1) is 0 Å². The van der Waals surface area contributed by atoms with E-state index in [1.807, 2.05) is 52.0 Å². The standard InChI is InChI=1S/C39H63N3O8/c1-28(27-48-38(46)42-21-11-14-31(42)4)12-10-13-29(2)36-30(3)17-18-34(39(5,47)20-19-33(43)26-35(44)50-36)49-37(45)41-24-22-40(23-25-41)32-15-8-6-7-9-16-32/h10,12-13,17-18,28,30-34,36,43,47H,6-9,11,14-16,19-27H2,1-5H3/b12-10+,18-17-,29-13+/t28-,30+,31+,33+,34+,36-,39+/m1/s1. The number of aliphatic hydroxyl groups is 2. The molecule has 11 heteroatoms. The molecule has 0 aromatic heterocycles. The van der Waals surface area contributed by atoms with E-state index in [4.69, 9.17) is 14.2 Å². The van der Waals surface area contributed by atoms with Crippen molar-refractivity contribution in [1.82, 2.24) is 14.7 Å². The van der Waals surface area contributed by atoms with Gasteiger partial charge in [0, 0.05) is 56.6 Å². The summed E-state index contributed by atoms with van der Waals surface area (Å²) in [7, 11) is 0. The van der Waals surface area contributed by atoms with Crippen molar-refractivity contribution in [3.63, 3.8) is 0 Å². The molecule has 0 spiro atoms. The summed E-state index contributed by atoms with van der Waals surface area (Å²) >= 11 is 0. The summed E-state index contributed by atoms with van der Waals surface area (Å²) in [6.45, 7) is 13.2. The fourth-order valence-corrected chi connectivity index (χ4v) is 7.56. The maximum atomic E-state index is 13.4. The zero-order valence-electron chi connectivity index (χ0n) is 31.1. The first kappa shape index (κ1) is 39.9. The van der Waals surface area contributed by atoms with E-state index >= 15 is 0 Å². The van der Waals surface area contributed by atoms with Crippen LogP contribution in [-0.4, -0.2) is 118 Å². The molecule has 2 saturated heterocycles. The topological polar surface area (TPSA) is 129 Å². The zero-order chi connectivity index (χ0) is 36.3. The number of carbonyl (C=O) groups is 3. The summed E-state index contributed by atoms with van der Waals surface area (Å²) in [4.78, 5) is 44.8. The molecule has 3 fully saturated rings. The highest BCUT2D eigenvalue weighted by atomic mass is 16.6. The number of hydrogen-bond acceptors (Lipinski definition) is 9. The van der Waals surface area contributed by atoms with E-state index in [1.54, 1.807) is 22.8 Å². The van der Waals surface area contributed by atoms with Gasteiger partial charge in [-0.1, -0.05) is 63.8 Å². The summed E-state index contributed by atoms with van der Waals surface area (Å²) in [5.74, 6) is -0.882. The van der Waals surface area contributed by atoms with Crippen LogP contribution in [0.3, 0.4) is 0 Å². The Morgan fingerprint density at radius 2 is 1.70 bits per heavy atom. The Balaban J connectivity index is 1.39. The quantitative estimate of drug-likeness (QED) is 0.108. The van der Waals surface area contributed by atoms with E-state index in [9.17, 15) is 24.6 Å². The van der Waals surface area contributed by atoms with Crippen LogP contribution in [0.25, 0.3) is 0 Å². The minimum Gasteiger partial charge on any atom is -0.457 e. The van der Waals surface area contributed by atoms with Crippen LogP contribution in [0.2, 0.25) is 0 Å². The number of carbonyl (C=O) groups excluding carboxylic acids is 3. The molecule has 0 aromatic carbocycles. The van der Waals surface area contributed by atoms with Gasteiger partial charge >= 0.3 is 18.2 Å². The van der Waals surface area contributed by atoms with Crippen molar-refractivity contribution in [2.75, 3.05) is 39.3 Å². The molecular formula is C39H63N3O8. The van der Waals surface area contributed by atoms with Crippen molar-refractivity contribution in [2.45, 2.75) is 141 Å². The monoisotopic (exact) mass is 701 g/mol. The van der Waals surface area contributed by atoms with E-state index < -0.39 is 36.0 Å². The van der Waals surface area contributed by atoms with E-state index in [1.165, 1.54) is 38.5 Å². The molecule has 1 aliphatic carbocycles. The number of aliphatic hydroxyl groups excluding tert-OH is 1. The largest absolute Gasteiger partial charge is 0.457 e. The molecular weight excluding hydrogens is 638 g/mol. The maximum Gasteiger partial charge on any atom is 0.410 e. The number of hydrogen-bond donors (Lipinski definition) is 2. The molecule has 0 radical (unpaired) electrons. The Hall–Kier alpha value is -2.89. The fourth-order valence-electron chi connectivity index (χ4n) is 7.56. The van der Waals surface area contributed by atoms with Crippen molar-refractivity contribution in [3.05, 3.63) is 36.0 Å². The Morgan fingerprint density at radius 3 is 2.36 bits per heavy atom. The summed E-state index contributed by atoms with van der Waals surface area (Å²) in [6.07, 6.45) is 15.5. The van der Waals surface area contributed by atoms with Gasteiger partial charge in [-0.3, -0.25) is 9.69 Å². The van der Waals surface area contributed by atoms with E-state index in [0.717, 1.165) is 38.0 Å². The summed E-state index contributed by atoms with van der Waals surface area (Å²) in [6, 6.07) is 0.792. The molecule has 0 bridgehead atoms. The molecule has 11 nitrogen and oxygen atoms in total. The van der Waals surface area contributed by atoms with Gasteiger partial charge in [0.25, 0.3) is 0 Å². The van der Waals surface area contributed by atoms with Crippen molar-refractivity contribution < 1.29 is 38.8 Å². The van der Waals surface area contributed by atoms with Crippen LogP contribution in [0.4, 0.5) is 9.59 Å². The molecule has 1 saturated carbocycles. The summed E-state index contributed by atoms with van der Waals surface area (Å²) < 4.78 is 17.4. The van der Waals surface area contributed by atoms with Crippen LogP contribution >= 0.6 is 0 Å². The number of rotatable bonds is 7. The molecule has 3 heterocycles. The number of likely N-dealkylation sites (tertiary alicyclic amines) is 1. The third-order valence-corrected chi connectivity index (χ3v) is 11.0. The van der Waals surface area contributed by atoms with Crippen molar-refractivity contribution >= 4 is 18.2 Å². The first-order valence-corrected chi connectivity index (χ1v) is 19.1. The van der Waals surface area contributed by atoms with Crippen LogP contribution in [0.5, 0.6) is 0 Å². The zero-order valence-corrected chi connectivity index (χ0v) is 31.1. The van der Waals surface area contributed by atoms with Crippen molar-refractivity contribution in [2.24, 2.45) is 11.8 Å². The van der Waals surface area contributed by atoms with Gasteiger partial charge < -0.3 is 34.2 Å². The van der Waals surface area contributed by atoms with Gasteiger partial charge in [-0.25, -0.2) is 9.59 Å². The molecule has 3 aliphatic heterocycles. The van der Waals surface area contributed by atoms with Crippen molar-refractivity contribution in [3.8, 4) is 0 Å². The van der Waals surface area contributed by atoms with E-state index in [-0.39, 0.29) is 49.8 Å². The number of amides is 2. The molecule has 50 heavy (non-hydrogen) atoms. The second-order valence-corrected chi connectivity index (χ2v) is 15.4. The average molecular weight is 702 g/mol. The first-order valence-electron chi connectivity index (χ1n) is 19.1. The highest BCUT2D eigenvalue weighted by molar-refractivity contribution is 5.70. The molecule has 0 unspecified atom stereocenters. The average Bonchev–Trinajstić information content (AvgIpc) is 3.33. The lowest BCUT2D eigenvalue weighted by molar-refractivity contribution is -0.151. The molecule has 2 N–H and O–H groups in total. The SMILES string of the molecule is C/C(=C\C=C\[C@@H](C)COC(=O)N1CCC[C@@H]1C)[C@H]1OC(=O)C[C@@H](O)CC[C@](C)(O)[C@@H](OC(=O)N2CCN(C3CCCCCC3)CC2)/C=C\[C@@H]1C. The number of piperazine rings is 1. The van der Waals surface area contributed by atoms with Gasteiger partial charge in [0.05, 0.1) is 19.1 Å². The molecule has 7 atom stereocenters. The van der Waals surface area contributed by atoms with Crippen LogP contribution in [0.15, 0.2) is 36.0 Å². The summed E-state index contributed by atoms with van der Waals surface area (Å²) in [5.41, 5.74) is -0.687. The fraction of sp³-hybridized carbons (Fsp3) is 0.769. The summed E-state index contributed by atoms with van der Waals surface area (Å²) in [5, 5.41) is 22.2. The van der Waals surface area contributed by atoms with Crippen LogP contribution in [-0.2, 0) is 19.0 Å². The number of esters is 1. The third-order valence-electron chi connectivity index (χ3n) is 11.0. The molecule has 4 rings (SSSR count). The van der Waals surface area contributed by atoms with Crippen molar-refractivity contribution in [1.29, 1.82) is 0 Å². The lowest BCUT2D eigenvalue weighted by Crippen LogP contribution is -2.53. The molecule has 0 aromatic rings. The van der Waals surface area contributed by atoms with Gasteiger partial charge in [0.1, 0.15) is 11.7 Å². The Bertz CT molecular complexity index is 1200. The minimum absolute atomic E-state index is 0.0234. The predicted octanol–water partition coefficient (Wildman–Crippen LogP) is 5.99. The molecule has 2 amide bonds. The minimum atomic E-state index is -1.46. The van der Waals surface area contributed by atoms with Gasteiger partial charge in [-0.2, -0.15) is 0 Å². The Kier molecular flexibility index (Phi) is 15.2. The predicted molar refractivity (Wildman–Crippen MR) is 192 cm³/mol. The van der Waals surface area contributed by atoms with E-state index in [0.29, 0.717) is 19.1 Å². The number of allylic oxidation sites excluding steroid dienone is 2. The Labute approximate surface area is 299 Å².